The Balaban J connectivity index is 3.02. The first-order valence-electron chi connectivity index (χ1n) is 3.56. The third-order valence-electron chi connectivity index (χ3n) is 1.32. The quantitative estimate of drug-likeness (QED) is 0.637. The van der Waals surface area contributed by atoms with E-state index in [1.165, 1.54) is 14.0 Å². The largest absolute Gasteiger partial charge is 0.392 e. The Labute approximate surface area is 75.3 Å². The van der Waals surface area contributed by atoms with Crippen LogP contribution in [0.2, 0.25) is 0 Å². The maximum Gasteiger partial charge on any atom is 0.267 e. The second-order valence-corrected chi connectivity index (χ2v) is 4.64. The Kier molecular flexibility index (Phi) is 2.62. The predicted molar refractivity (Wildman–Crippen MR) is 42.5 cm³/mol. The zero-order valence-electron chi connectivity index (χ0n) is 7.25. The van der Waals surface area contributed by atoms with Gasteiger partial charge in [0.1, 0.15) is 0 Å². The van der Waals surface area contributed by atoms with Crippen molar-refractivity contribution in [3.8, 4) is 0 Å². The van der Waals surface area contributed by atoms with Gasteiger partial charge in [-0.05, 0) is 17.4 Å². The van der Waals surface area contributed by atoms with E-state index < -0.39 is 15.9 Å². The number of aryl methyl sites for hydroxylation is 1. The Hall–Kier alpha value is -1.02. The second-order valence-electron chi connectivity index (χ2n) is 2.72. The van der Waals surface area contributed by atoms with Crippen molar-refractivity contribution in [3.05, 3.63) is 0 Å². The van der Waals surface area contributed by atoms with E-state index >= 15 is 0 Å². The minimum atomic E-state index is -3.57. The Bertz CT molecular complexity index is 382. The molecule has 0 aliphatic heterocycles. The maximum atomic E-state index is 11.4. The minimum Gasteiger partial charge on any atom is -0.392 e. The Morgan fingerprint density at radius 2 is 2.23 bits per heavy atom. The van der Waals surface area contributed by atoms with Gasteiger partial charge >= 0.3 is 0 Å². The number of hydrogen-bond acceptors (Lipinski definition) is 6. The SMILES string of the molecule is CC(O)CS(=O)(=O)c1nnnn1C. The van der Waals surface area contributed by atoms with Gasteiger partial charge in [0.05, 0.1) is 11.9 Å². The first kappa shape index (κ1) is 10.1. The fourth-order valence-corrected chi connectivity index (χ4v) is 2.26. The topological polar surface area (TPSA) is 98.0 Å². The molecule has 0 saturated heterocycles. The molecule has 7 nitrogen and oxygen atoms in total. The molecule has 1 heterocycles. The second kappa shape index (κ2) is 3.38. The third kappa shape index (κ3) is 2.22. The number of tetrazole rings is 1. The normalized spacial score (nSPS) is 14.4. The highest BCUT2D eigenvalue weighted by atomic mass is 32.2. The molecular weight excluding hydrogens is 196 g/mol. The van der Waals surface area contributed by atoms with Crippen LogP contribution in [0, 0.1) is 0 Å². The summed E-state index contributed by atoms with van der Waals surface area (Å²) in [7, 11) is -2.14. The minimum absolute atomic E-state index is 0.228. The highest BCUT2D eigenvalue weighted by Gasteiger charge is 2.23. The molecule has 1 aromatic rings. The van der Waals surface area contributed by atoms with Crippen molar-refractivity contribution in [2.24, 2.45) is 7.05 Å². The van der Waals surface area contributed by atoms with Crippen LogP contribution < -0.4 is 0 Å². The molecule has 0 saturated carbocycles. The molecule has 1 unspecified atom stereocenters. The van der Waals surface area contributed by atoms with Gasteiger partial charge in [-0.2, -0.15) is 0 Å². The highest BCUT2D eigenvalue weighted by molar-refractivity contribution is 7.91. The zero-order valence-corrected chi connectivity index (χ0v) is 8.06. The van der Waals surface area contributed by atoms with Crippen LogP contribution in [-0.4, -0.2) is 45.6 Å². The van der Waals surface area contributed by atoms with E-state index in [0.717, 1.165) is 4.68 Å². The van der Waals surface area contributed by atoms with Gasteiger partial charge in [-0.1, -0.05) is 5.10 Å². The summed E-state index contributed by atoms with van der Waals surface area (Å²) in [6.07, 6.45) is -0.929. The van der Waals surface area contributed by atoms with Gasteiger partial charge in [0.2, 0.25) is 9.84 Å². The number of nitrogens with zero attached hydrogens (tertiary/aromatic N) is 4. The van der Waals surface area contributed by atoms with Gasteiger partial charge in [-0.3, -0.25) is 0 Å². The Morgan fingerprint density at radius 3 is 2.62 bits per heavy atom. The average Bonchev–Trinajstić information content (AvgIpc) is 2.32. The highest BCUT2D eigenvalue weighted by Crippen LogP contribution is 2.05. The van der Waals surface area contributed by atoms with Crippen molar-refractivity contribution < 1.29 is 13.5 Å². The predicted octanol–water partition coefficient (Wildman–Crippen LogP) is -1.64. The lowest BCUT2D eigenvalue weighted by Gasteiger charge is -2.03. The van der Waals surface area contributed by atoms with Gasteiger partial charge in [0.15, 0.2) is 0 Å². The smallest absolute Gasteiger partial charge is 0.267 e. The van der Waals surface area contributed by atoms with E-state index in [1.54, 1.807) is 0 Å². The molecule has 0 aliphatic carbocycles. The summed E-state index contributed by atoms with van der Waals surface area (Å²) in [5.74, 6) is -0.374. The van der Waals surface area contributed by atoms with Crippen molar-refractivity contribution in [2.75, 3.05) is 5.75 Å². The summed E-state index contributed by atoms with van der Waals surface area (Å²) in [5.41, 5.74) is 0. The van der Waals surface area contributed by atoms with Crippen LogP contribution in [0.3, 0.4) is 0 Å². The van der Waals surface area contributed by atoms with Crippen LogP contribution in [0.4, 0.5) is 0 Å². The number of hydrogen-bond donors (Lipinski definition) is 1. The van der Waals surface area contributed by atoms with Crippen molar-refractivity contribution in [3.63, 3.8) is 0 Å². The fraction of sp³-hybridized carbons (Fsp3) is 0.800. The molecule has 0 radical (unpaired) electrons. The summed E-state index contributed by atoms with van der Waals surface area (Å²) in [4.78, 5) is 0. The standard InChI is InChI=1S/C5H10N4O3S/c1-4(10)3-13(11,12)5-6-7-8-9(5)2/h4,10H,3H2,1-2H3. The van der Waals surface area contributed by atoms with E-state index in [1.807, 2.05) is 0 Å². The summed E-state index contributed by atoms with van der Waals surface area (Å²) in [6, 6.07) is 0. The van der Waals surface area contributed by atoms with Gasteiger partial charge in [-0.15, -0.1) is 0 Å². The van der Waals surface area contributed by atoms with Crippen LogP contribution >= 0.6 is 0 Å². The van der Waals surface area contributed by atoms with E-state index in [-0.39, 0.29) is 10.9 Å². The van der Waals surface area contributed by atoms with Gasteiger partial charge in [-0.25, -0.2) is 13.1 Å². The van der Waals surface area contributed by atoms with E-state index in [9.17, 15) is 8.42 Å². The first-order chi connectivity index (χ1) is 5.93. The molecule has 1 rings (SSSR count). The zero-order chi connectivity index (χ0) is 10.1. The van der Waals surface area contributed by atoms with E-state index in [0.29, 0.717) is 0 Å². The maximum absolute atomic E-state index is 11.4. The van der Waals surface area contributed by atoms with E-state index in [2.05, 4.69) is 15.5 Å². The van der Waals surface area contributed by atoms with Crippen LogP contribution in [0.15, 0.2) is 5.16 Å². The molecule has 74 valence electrons. The molecule has 1 N–H and O–H groups in total. The van der Waals surface area contributed by atoms with E-state index in [4.69, 9.17) is 5.11 Å². The summed E-state index contributed by atoms with van der Waals surface area (Å²) >= 11 is 0. The molecular formula is C5H10N4O3S. The monoisotopic (exact) mass is 206 g/mol. The third-order valence-corrected chi connectivity index (χ3v) is 3.14. The molecule has 1 aromatic heterocycles. The van der Waals surface area contributed by atoms with Gasteiger partial charge in [0.25, 0.3) is 5.16 Å². The average molecular weight is 206 g/mol. The number of aliphatic hydroxyl groups excluding tert-OH is 1. The van der Waals surface area contributed by atoms with Gasteiger partial charge < -0.3 is 5.11 Å². The van der Waals surface area contributed by atoms with Crippen LogP contribution in [0.5, 0.6) is 0 Å². The van der Waals surface area contributed by atoms with Crippen molar-refractivity contribution in [1.29, 1.82) is 0 Å². The lowest BCUT2D eigenvalue weighted by molar-refractivity contribution is 0.218. The molecule has 1 atom stereocenters. The van der Waals surface area contributed by atoms with Crippen molar-refractivity contribution in [2.45, 2.75) is 18.2 Å². The van der Waals surface area contributed by atoms with Crippen LogP contribution in [0.1, 0.15) is 6.92 Å². The summed E-state index contributed by atoms with van der Waals surface area (Å²) < 4.78 is 23.9. The molecule has 8 heteroatoms. The number of rotatable bonds is 3. The first-order valence-corrected chi connectivity index (χ1v) is 5.22. The Morgan fingerprint density at radius 1 is 1.62 bits per heavy atom. The molecule has 0 fully saturated rings. The molecule has 13 heavy (non-hydrogen) atoms. The number of aromatic nitrogens is 4. The van der Waals surface area contributed by atoms with Crippen molar-refractivity contribution >= 4 is 9.84 Å². The van der Waals surface area contributed by atoms with Gasteiger partial charge in [0, 0.05) is 7.05 Å². The molecule has 0 spiro atoms. The lowest BCUT2D eigenvalue weighted by atomic mass is 10.5. The summed E-state index contributed by atoms with van der Waals surface area (Å²) in [5, 5.41) is 18.6. The lowest BCUT2D eigenvalue weighted by Crippen LogP contribution is -2.20. The molecule has 0 amide bonds. The summed E-state index contributed by atoms with van der Waals surface area (Å²) in [6.45, 7) is 1.39. The van der Waals surface area contributed by atoms with Crippen LogP contribution in [-0.2, 0) is 16.9 Å². The molecule has 0 aromatic carbocycles. The molecule has 0 bridgehead atoms. The fourth-order valence-electron chi connectivity index (χ4n) is 0.877. The van der Waals surface area contributed by atoms with Crippen LogP contribution in [0.25, 0.3) is 0 Å². The number of aliphatic hydroxyl groups is 1. The number of sulfone groups is 1. The molecule has 0 aliphatic rings. The van der Waals surface area contributed by atoms with Crippen molar-refractivity contribution in [1.82, 2.24) is 20.2 Å².